The van der Waals surface area contributed by atoms with Crippen molar-refractivity contribution in [3.8, 4) is 17.0 Å². The number of hydrogen-bond donors (Lipinski definition) is 2. The lowest BCUT2D eigenvalue weighted by Crippen LogP contribution is -2.22. The number of thiocarbonyl (C=S) groups is 1. The van der Waals surface area contributed by atoms with Crippen molar-refractivity contribution in [3.05, 3.63) is 52.3 Å². The van der Waals surface area contributed by atoms with Crippen LogP contribution in [0.1, 0.15) is 19.4 Å². The van der Waals surface area contributed by atoms with Crippen LogP contribution >= 0.6 is 12.2 Å². The van der Waals surface area contributed by atoms with Gasteiger partial charge in [0.25, 0.3) is 5.56 Å². The van der Waals surface area contributed by atoms with Crippen LogP contribution in [0.15, 0.2) is 41.2 Å². The average molecular weight is 302 g/mol. The van der Waals surface area contributed by atoms with E-state index in [1.807, 2.05) is 24.3 Å². The van der Waals surface area contributed by atoms with Crippen LogP contribution in [-0.4, -0.2) is 16.6 Å². The standard InChI is InChI=1S/C16H18N2O2S/c1-10(2)9-20-12-5-3-4-11(8-12)14-7-6-13(15(17)21)16(19)18-14/h3-8,10H,9H2,1-2H3,(H2,17,21)(H,18,19). The first-order valence-electron chi connectivity index (χ1n) is 6.73. The topological polar surface area (TPSA) is 68.1 Å². The number of pyridine rings is 1. The first-order valence-corrected chi connectivity index (χ1v) is 7.14. The van der Waals surface area contributed by atoms with Gasteiger partial charge < -0.3 is 15.5 Å². The number of H-pyrrole nitrogens is 1. The van der Waals surface area contributed by atoms with E-state index in [9.17, 15) is 4.79 Å². The van der Waals surface area contributed by atoms with Crippen LogP contribution in [0.4, 0.5) is 0 Å². The quantitative estimate of drug-likeness (QED) is 0.833. The lowest BCUT2D eigenvalue weighted by Gasteiger charge is -2.10. The van der Waals surface area contributed by atoms with Crippen LogP contribution < -0.4 is 16.0 Å². The lowest BCUT2D eigenvalue weighted by molar-refractivity contribution is 0.271. The molecule has 0 saturated carbocycles. The second kappa shape index (κ2) is 6.54. The molecule has 0 amide bonds. The largest absolute Gasteiger partial charge is 0.493 e. The van der Waals surface area contributed by atoms with Gasteiger partial charge in [0, 0.05) is 11.3 Å². The average Bonchev–Trinajstić information content (AvgIpc) is 2.45. The molecular formula is C16H18N2O2S. The van der Waals surface area contributed by atoms with Crippen molar-refractivity contribution < 1.29 is 4.74 Å². The molecule has 1 heterocycles. The second-order valence-corrected chi connectivity index (χ2v) is 5.65. The Morgan fingerprint density at radius 1 is 1.33 bits per heavy atom. The molecule has 4 nitrogen and oxygen atoms in total. The number of nitrogens with one attached hydrogen (secondary N) is 1. The highest BCUT2D eigenvalue weighted by Gasteiger charge is 2.06. The number of hydrogen-bond acceptors (Lipinski definition) is 3. The molecule has 0 bridgehead atoms. The van der Waals surface area contributed by atoms with Gasteiger partial charge in [0.2, 0.25) is 0 Å². The molecule has 2 aromatic rings. The van der Waals surface area contributed by atoms with Gasteiger partial charge in [-0.1, -0.05) is 38.2 Å². The lowest BCUT2D eigenvalue weighted by atomic mass is 10.1. The first kappa shape index (κ1) is 15.3. The summed E-state index contributed by atoms with van der Waals surface area (Å²) in [7, 11) is 0. The summed E-state index contributed by atoms with van der Waals surface area (Å²) in [5, 5.41) is 0. The van der Waals surface area contributed by atoms with Crippen LogP contribution in [0.3, 0.4) is 0 Å². The summed E-state index contributed by atoms with van der Waals surface area (Å²) in [5.74, 6) is 1.23. The van der Waals surface area contributed by atoms with Gasteiger partial charge >= 0.3 is 0 Å². The summed E-state index contributed by atoms with van der Waals surface area (Å²) in [6, 6.07) is 11.0. The van der Waals surface area contributed by atoms with E-state index < -0.39 is 0 Å². The smallest absolute Gasteiger partial charge is 0.258 e. The van der Waals surface area contributed by atoms with E-state index in [-0.39, 0.29) is 10.5 Å². The molecule has 0 aliphatic rings. The molecule has 21 heavy (non-hydrogen) atoms. The Labute approximate surface area is 129 Å². The predicted octanol–water partition coefficient (Wildman–Crippen LogP) is 2.71. The van der Waals surface area contributed by atoms with Gasteiger partial charge in [-0.15, -0.1) is 0 Å². The molecule has 1 aromatic carbocycles. The maximum atomic E-state index is 11.9. The molecule has 0 spiro atoms. The zero-order chi connectivity index (χ0) is 15.4. The van der Waals surface area contributed by atoms with Crippen LogP contribution in [-0.2, 0) is 0 Å². The molecule has 3 N–H and O–H groups in total. The van der Waals surface area contributed by atoms with E-state index in [4.69, 9.17) is 22.7 Å². The maximum Gasteiger partial charge on any atom is 0.258 e. The fourth-order valence-corrected chi connectivity index (χ4v) is 2.01. The maximum absolute atomic E-state index is 11.9. The number of nitrogens with two attached hydrogens (primary N) is 1. The van der Waals surface area contributed by atoms with Gasteiger partial charge in [0.05, 0.1) is 12.2 Å². The molecule has 0 aliphatic heterocycles. The third kappa shape index (κ3) is 3.92. The first-order chi connectivity index (χ1) is 9.97. The summed E-state index contributed by atoms with van der Waals surface area (Å²) in [6.07, 6.45) is 0. The molecule has 110 valence electrons. The van der Waals surface area contributed by atoms with E-state index in [2.05, 4.69) is 18.8 Å². The Morgan fingerprint density at radius 3 is 2.71 bits per heavy atom. The molecule has 0 unspecified atom stereocenters. The van der Waals surface area contributed by atoms with Crippen molar-refractivity contribution in [2.24, 2.45) is 11.7 Å². The highest BCUT2D eigenvalue weighted by Crippen LogP contribution is 2.22. The van der Waals surface area contributed by atoms with Gasteiger partial charge in [-0.2, -0.15) is 0 Å². The van der Waals surface area contributed by atoms with Gasteiger partial charge in [-0.25, -0.2) is 0 Å². The minimum absolute atomic E-state index is 0.0943. The zero-order valence-corrected chi connectivity index (χ0v) is 12.9. The van der Waals surface area contributed by atoms with Gasteiger partial charge in [-0.05, 0) is 30.2 Å². The zero-order valence-electron chi connectivity index (χ0n) is 12.1. The summed E-state index contributed by atoms with van der Waals surface area (Å²) < 4.78 is 5.69. The van der Waals surface area contributed by atoms with Crippen molar-refractivity contribution in [1.29, 1.82) is 0 Å². The van der Waals surface area contributed by atoms with Crippen LogP contribution in [0, 0.1) is 5.92 Å². The molecule has 0 radical (unpaired) electrons. The Kier molecular flexibility index (Phi) is 4.75. The van der Waals surface area contributed by atoms with Crippen molar-refractivity contribution in [2.75, 3.05) is 6.61 Å². The highest BCUT2D eigenvalue weighted by atomic mass is 32.1. The normalized spacial score (nSPS) is 10.6. The number of ether oxygens (including phenoxy) is 1. The fraction of sp³-hybridized carbons (Fsp3) is 0.250. The molecule has 1 aromatic heterocycles. The van der Waals surface area contributed by atoms with Crippen LogP contribution in [0.25, 0.3) is 11.3 Å². The van der Waals surface area contributed by atoms with Gasteiger partial charge in [-0.3, -0.25) is 4.79 Å². The van der Waals surface area contributed by atoms with E-state index in [0.717, 1.165) is 11.3 Å². The highest BCUT2D eigenvalue weighted by molar-refractivity contribution is 7.80. The minimum atomic E-state index is -0.284. The molecule has 2 rings (SSSR count). The molecule has 5 heteroatoms. The van der Waals surface area contributed by atoms with Crippen molar-refractivity contribution in [1.82, 2.24) is 4.98 Å². The number of aromatic nitrogens is 1. The van der Waals surface area contributed by atoms with Crippen LogP contribution in [0.2, 0.25) is 0 Å². The fourth-order valence-electron chi connectivity index (χ4n) is 1.85. The molecule has 0 aliphatic carbocycles. The molecule has 0 saturated heterocycles. The SMILES string of the molecule is CC(C)COc1cccc(-c2ccc(C(N)=S)c(=O)[nH]2)c1. The Hall–Kier alpha value is -2.14. The summed E-state index contributed by atoms with van der Waals surface area (Å²) >= 11 is 4.83. The van der Waals surface area contributed by atoms with Crippen molar-refractivity contribution >= 4 is 17.2 Å². The Bertz CT molecular complexity index is 707. The number of rotatable bonds is 5. The third-order valence-corrected chi connectivity index (χ3v) is 3.12. The molecule has 0 fully saturated rings. The summed E-state index contributed by atoms with van der Waals surface area (Å²) in [4.78, 5) is 14.8. The van der Waals surface area contributed by atoms with E-state index in [1.54, 1.807) is 12.1 Å². The van der Waals surface area contributed by atoms with E-state index in [0.29, 0.717) is 23.8 Å². The molecular weight excluding hydrogens is 284 g/mol. The second-order valence-electron chi connectivity index (χ2n) is 5.21. The Morgan fingerprint density at radius 2 is 2.10 bits per heavy atom. The van der Waals surface area contributed by atoms with E-state index >= 15 is 0 Å². The van der Waals surface area contributed by atoms with Gasteiger partial charge in [0.1, 0.15) is 10.7 Å². The van der Waals surface area contributed by atoms with Crippen molar-refractivity contribution in [3.63, 3.8) is 0 Å². The minimum Gasteiger partial charge on any atom is -0.493 e. The predicted molar refractivity (Wildman–Crippen MR) is 88.7 cm³/mol. The third-order valence-electron chi connectivity index (χ3n) is 2.90. The Balaban J connectivity index is 2.30. The van der Waals surface area contributed by atoms with Crippen LogP contribution in [0.5, 0.6) is 5.75 Å². The summed E-state index contributed by atoms with van der Waals surface area (Å²) in [5.41, 5.74) is 7.10. The number of aromatic amines is 1. The number of benzene rings is 1. The van der Waals surface area contributed by atoms with Gasteiger partial charge in [0.15, 0.2) is 0 Å². The van der Waals surface area contributed by atoms with Crippen molar-refractivity contribution in [2.45, 2.75) is 13.8 Å². The van der Waals surface area contributed by atoms with E-state index in [1.165, 1.54) is 0 Å². The monoisotopic (exact) mass is 302 g/mol. The molecule has 0 atom stereocenters. The summed E-state index contributed by atoms with van der Waals surface area (Å²) in [6.45, 7) is 4.84.